The van der Waals surface area contributed by atoms with E-state index < -0.39 is 0 Å². The zero-order valence-electron chi connectivity index (χ0n) is 17.7. The van der Waals surface area contributed by atoms with E-state index >= 15 is 0 Å². The summed E-state index contributed by atoms with van der Waals surface area (Å²) in [5.41, 5.74) is 6.65. The third-order valence-electron chi connectivity index (χ3n) is 4.67. The van der Waals surface area contributed by atoms with Crippen LogP contribution in [0.4, 0.5) is 0 Å². The van der Waals surface area contributed by atoms with Crippen molar-refractivity contribution in [2.24, 2.45) is 0 Å². The second-order valence-corrected chi connectivity index (χ2v) is 9.80. The standard InChI is InChI=1S/C24H44P2/c1-3-5-7-9-11-13-15-17-19-21-23-25-26-24-22-20-18-16-14-12-10-8-6-4-2/h25-26H,3-20H2,1-2H3. The molecule has 0 aromatic rings. The molecule has 2 heteroatoms. The minimum absolute atomic E-state index is 0.749. The van der Waals surface area contributed by atoms with Gasteiger partial charge < -0.3 is 0 Å². The van der Waals surface area contributed by atoms with Crippen molar-refractivity contribution in [3.05, 3.63) is 0 Å². The molecule has 0 heterocycles. The lowest BCUT2D eigenvalue weighted by molar-refractivity contribution is 0.579. The monoisotopic (exact) mass is 394 g/mol. The fraction of sp³-hybridized carbons (Fsp3) is 0.833. The molecule has 0 aliphatic heterocycles. The average Bonchev–Trinajstić information content (AvgIpc) is 2.66. The van der Waals surface area contributed by atoms with Crippen molar-refractivity contribution in [1.29, 1.82) is 0 Å². The Morgan fingerprint density at radius 2 is 0.731 bits per heavy atom. The summed E-state index contributed by atoms with van der Waals surface area (Å²) in [7, 11) is 1.50. The Morgan fingerprint density at radius 3 is 1.08 bits per heavy atom. The van der Waals surface area contributed by atoms with Crippen molar-refractivity contribution < 1.29 is 0 Å². The molecular weight excluding hydrogens is 350 g/mol. The third kappa shape index (κ3) is 24.0. The molecule has 0 nitrogen and oxygen atoms in total. The van der Waals surface area contributed by atoms with Crippen molar-refractivity contribution in [2.75, 3.05) is 0 Å². The molecule has 0 aliphatic rings. The zero-order chi connectivity index (χ0) is 19.0. The Kier molecular flexibility index (Phi) is 25.0. The van der Waals surface area contributed by atoms with Crippen molar-refractivity contribution in [3.8, 4) is 23.2 Å². The normalized spacial score (nSPS) is 11.0. The van der Waals surface area contributed by atoms with Gasteiger partial charge in [0.15, 0.2) is 0 Å². The Morgan fingerprint density at radius 1 is 0.423 bits per heavy atom. The minimum Gasteiger partial charge on any atom is -0.0986 e. The molecule has 0 bridgehead atoms. The van der Waals surface area contributed by atoms with E-state index in [1.807, 2.05) is 0 Å². The Hall–Kier alpha value is -0.0200. The summed E-state index contributed by atoms with van der Waals surface area (Å²) in [6.45, 7) is 4.56. The predicted octanol–water partition coefficient (Wildman–Crippen LogP) is 9.24. The zero-order valence-corrected chi connectivity index (χ0v) is 19.7. The molecule has 2 unspecified atom stereocenters. The van der Waals surface area contributed by atoms with Gasteiger partial charge in [0.1, 0.15) is 0 Å². The van der Waals surface area contributed by atoms with Crippen molar-refractivity contribution in [3.63, 3.8) is 0 Å². The molecule has 0 amide bonds. The molecule has 0 spiro atoms. The lowest BCUT2D eigenvalue weighted by Crippen LogP contribution is -1.79. The van der Waals surface area contributed by atoms with E-state index in [2.05, 4.69) is 37.0 Å². The quantitative estimate of drug-likeness (QED) is 0.131. The highest BCUT2D eigenvalue weighted by molar-refractivity contribution is 8.16. The maximum Gasteiger partial charge on any atom is 0.00921 e. The molecule has 0 aliphatic carbocycles. The molecule has 0 saturated heterocycles. The highest BCUT2D eigenvalue weighted by atomic mass is 32.0. The summed E-state index contributed by atoms with van der Waals surface area (Å²) in [4.78, 5) is 0. The summed E-state index contributed by atoms with van der Waals surface area (Å²) < 4.78 is 0. The Balaban J connectivity index is 3.21. The molecule has 2 atom stereocenters. The molecule has 26 heavy (non-hydrogen) atoms. The van der Waals surface area contributed by atoms with Crippen LogP contribution in [0.3, 0.4) is 0 Å². The predicted molar refractivity (Wildman–Crippen MR) is 127 cm³/mol. The number of hydrogen-bond acceptors (Lipinski definition) is 0. The molecule has 0 saturated carbocycles. The van der Waals surface area contributed by atoms with Crippen molar-refractivity contribution in [2.45, 2.75) is 129 Å². The van der Waals surface area contributed by atoms with Gasteiger partial charge in [-0.2, -0.15) is 0 Å². The molecule has 0 N–H and O–H groups in total. The van der Waals surface area contributed by atoms with E-state index in [9.17, 15) is 0 Å². The lowest BCUT2D eigenvalue weighted by atomic mass is 10.1. The maximum atomic E-state index is 3.34. The van der Waals surface area contributed by atoms with Crippen LogP contribution in [0.1, 0.15) is 129 Å². The van der Waals surface area contributed by atoms with Crippen LogP contribution >= 0.6 is 16.5 Å². The van der Waals surface area contributed by atoms with E-state index in [-0.39, 0.29) is 0 Å². The van der Waals surface area contributed by atoms with Crippen LogP contribution in [-0.2, 0) is 0 Å². The first kappa shape index (κ1) is 26.0. The van der Waals surface area contributed by atoms with E-state index in [1.165, 1.54) is 103 Å². The summed E-state index contributed by atoms with van der Waals surface area (Å²) in [5, 5.41) is 0. The third-order valence-corrected chi connectivity index (χ3v) is 6.53. The van der Waals surface area contributed by atoms with Gasteiger partial charge in [0.2, 0.25) is 0 Å². The largest absolute Gasteiger partial charge is 0.0986 e. The first-order valence-corrected chi connectivity index (χ1v) is 14.4. The van der Waals surface area contributed by atoms with Crippen LogP contribution < -0.4 is 0 Å². The molecule has 150 valence electrons. The lowest BCUT2D eigenvalue weighted by Gasteiger charge is -1.99. The van der Waals surface area contributed by atoms with Crippen LogP contribution in [0.2, 0.25) is 0 Å². The minimum atomic E-state index is 0.749. The summed E-state index contributed by atoms with van der Waals surface area (Å²) in [6, 6.07) is 0. The van der Waals surface area contributed by atoms with Crippen molar-refractivity contribution >= 4 is 16.5 Å². The van der Waals surface area contributed by atoms with E-state index in [1.54, 1.807) is 0 Å². The van der Waals surface area contributed by atoms with Gasteiger partial charge in [0.05, 0.1) is 0 Å². The van der Waals surface area contributed by atoms with E-state index in [4.69, 9.17) is 0 Å². The van der Waals surface area contributed by atoms with Gasteiger partial charge in [-0.25, -0.2) is 0 Å². The van der Waals surface area contributed by atoms with Gasteiger partial charge in [-0.05, 0) is 29.4 Å². The van der Waals surface area contributed by atoms with Crippen LogP contribution in [0.5, 0.6) is 0 Å². The van der Waals surface area contributed by atoms with Gasteiger partial charge in [0.25, 0.3) is 0 Å². The second-order valence-electron chi connectivity index (χ2n) is 7.30. The van der Waals surface area contributed by atoms with E-state index in [0.717, 1.165) is 29.4 Å². The summed E-state index contributed by atoms with van der Waals surface area (Å²) in [6.07, 6.45) is 24.4. The first-order chi connectivity index (χ1) is 12.9. The van der Waals surface area contributed by atoms with Crippen LogP contribution in [0, 0.1) is 23.2 Å². The molecular formula is C24H44P2. The SMILES string of the molecule is CCCCCCCCCCC#CPPC#CCCCCCCCCCC. The maximum absolute atomic E-state index is 3.34. The van der Waals surface area contributed by atoms with Crippen LogP contribution in [0.25, 0.3) is 0 Å². The molecule has 0 rings (SSSR count). The summed E-state index contributed by atoms with van der Waals surface area (Å²) >= 11 is 0. The number of unbranched alkanes of at least 4 members (excludes halogenated alkanes) is 16. The number of hydrogen-bond donors (Lipinski definition) is 0. The van der Waals surface area contributed by atoms with Gasteiger partial charge in [-0.1, -0.05) is 127 Å². The first-order valence-electron chi connectivity index (χ1n) is 11.4. The average molecular weight is 395 g/mol. The molecule has 0 aromatic heterocycles. The highest BCUT2D eigenvalue weighted by Crippen LogP contribution is 2.33. The van der Waals surface area contributed by atoms with E-state index in [0.29, 0.717) is 0 Å². The van der Waals surface area contributed by atoms with Gasteiger partial charge in [0, 0.05) is 12.8 Å². The Labute approximate surface area is 169 Å². The van der Waals surface area contributed by atoms with Gasteiger partial charge >= 0.3 is 0 Å². The summed E-state index contributed by atoms with van der Waals surface area (Å²) in [5.74, 6) is 6.68. The fourth-order valence-corrected chi connectivity index (χ4v) is 4.43. The molecule has 0 aromatic carbocycles. The highest BCUT2D eigenvalue weighted by Gasteiger charge is 1.91. The number of rotatable bonds is 17. The van der Waals surface area contributed by atoms with Crippen LogP contribution in [0.15, 0.2) is 0 Å². The smallest absolute Gasteiger partial charge is 0.00921 e. The molecule has 0 fully saturated rings. The Bertz CT molecular complexity index is 342. The topological polar surface area (TPSA) is 0 Å². The van der Waals surface area contributed by atoms with Gasteiger partial charge in [-0.15, -0.1) is 0 Å². The fourth-order valence-electron chi connectivity index (χ4n) is 2.97. The second kappa shape index (κ2) is 25.0. The van der Waals surface area contributed by atoms with Crippen LogP contribution in [-0.4, -0.2) is 0 Å². The van der Waals surface area contributed by atoms with Gasteiger partial charge in [-0.3, -0.25) is 0 Å². The van der Waals surface area contributed by atoms with Crippen molar-refractivity contribution in [1.82, 2.24) is 0 Å². The molecule has 0 radical (unpaired) electrons.